The van der Waals surface area contributed by atoms with E-state index in [1.807, 2.05) is 23.6 Å². The Balaban J connectivity index is 0.00000690. The van der Waals surface area contributed by atoms with Gasteiger partial charge in [0.25, 0.3) is 0 Å². The van der Waals surface area contributed by atoms with Crippen molar-refractivity contribution in [3.63, 3.8) is 0 Å². The number of thiophene rings is 1. The molecule has 0 amide bonds. The van der Waals surface area contributed by atoms with E-state index in [2.05, 4.69) is 289 Å². The van der Waals surface area contributed by atoms with Gasteiger partial charge in [-0.15, -0.1) is 59.4 Å². The second-order valence-corrected chi connectivity index (χ2v) is 28.2. The van der Waals surface area contributed by atoms with Crippen molar-refractivity contribution in [3.05, 3.63) is 211 Å². The zero-order chi connectivity index (χ0) is 56.4. The van der Waals surface area contributed by atoms with Crippen LogP contribution >= 0.6 is 11.3 Å². The fourth-order valence-electron chi connectivity index (χ4n) is 11.3. The topological polar surface area (TPSA) is 33.5 Å². The molecule has 0 unspecified atom stereocenters. The Morgan fingerprint density at radius 2 is 1.00 bits per heavy atom. The zero-order valence-corrected chi connectivity index (χ0v) is 52.7. The smallest absolute Gasteiger partial charge is 0.135 e. The molecular weight excluding hydrogens is 1190 g/mol. The fourth-order valence-corrected chi connectivity index (χ4v) is 12.6. The average molecular weight is 1260 g/mol. The summed E-state index contributed by atoms with van der Waals surface area (Å²) in [6.07, 6.45) is 1.93. The van der Waals surface area contributed by atoms with E-state index in [9.17, 15) is 0 Å². The third-order valence-corrected chi connectivity index (χ3v) is 17.3. The third kappa shape index (κ3) is 10.3. The Labute approximate surface area is 498 Å². The molecule has 8 aromatic carbocycles. The van der Waals surface area contributed by atoms with Crippen molar-refractivity contribution in [2.24, 2.45) is 0 Å². The van der Waals surface area contributed by atoms with Crippen LogP contribution < -0.4 is 14.5 Å². The first-order valence-electron chi connectivity index (χ1n) is 28.3. The number of benzene rings is 8. The summed E-state index contributed by atoms with van der Waals surface area (Å²) in [6, 6.07) is 65.7. The Morgan fingerprint density at radius 1 is 0.469 bits per heavy atom. The van der Waals surface area contributed by atoms with E-state index in [-0.39, 0.29) is 48.1 Å². The van der Waals surface area contributed by atoms with E-state index >= 15 is 0 Å². The van der Waals surface area contributed by atoms with Gasteiger partial charge in [-0.3, -0.25) is 0 Å². The molecule has 0 spiro atoms. The molecule has 81 heavy (non-hydrogen) atoms. The number of nitrogens with zero attached hydrogens (tertiary/aromatic N) is 4. The van der Waals surface area contributed by atoms with E-state index in [0.717, 1.165) is 45.0 Å². The number of rotatable bonds is 7. The number of hydrogen-bond donors (Lipinski definition) is 0. The van der Waals surface area contributed by atoms with Crippen LogP contribution in [0.25, 0.3) is 70.0 Å². The summed E-state index contributed by atoms with van der Waals surface area (Å²) < 4.78 is 11.7. The van der Waals surface area contributed by atoms with Crippen molar-refractivity contribution in [2.45, 2.75) is 131 Å². The van der Waals surface area contributed by atoms with Crippen molar-refractivity contribution in [2.75, 3.05) is 9.80 Å². The van der Waals surface area contributed by atoms with Crippen LogP contribution in [-0.4, -0.2) is 9.55 Å². The molecule has 0 atom stereocenters. The van der Waals surface area contributed by atoms with Gasteiger partial charge in [0.05, 0.1) is 0 Å². The first-order valence-corrected chi connectivity index (χ1v) is 29.1. The molecule has 12 rings (SSSR count). The summed E-state index contributed by atoms with van der Waals surface area (Å²) in [4.78, 5) is 9.70. The number of hydrogen-bond acceptors (Lipinski definition) is 5. The molecule has 3 aromatic heterocycles. The minimum absolute atomic E-state index is 0. The molecule has 1 aliphatic heterocycles. The molecule has 1 aliphatic rings. The fraction of sp³-hybridized carbons (Fsp3) is 0.270. The molecule has 414 valence electrons. The largest absolute Gasteiger partial charge is 0.509 e. The van der Waals surface area contributed by atoms with Crippen molar-refractivity contribution >= 4 is 76.1 Å². The van der Waals surface area contributed by atoms with Gasteiger partial charge in [0, 0.05) is 92.6 Å². The third-order valence-electron chi connectivity index (χ3n) is 16.1. The van der Waals surface area contributed by atoms with Crippen molar-refractivity contribution < 1.29 is 25.8 Å². The Kier molecular flexibility index (Phi) is 13.9. The van der Waals surface area contributed by atoms with Crippen molar-refractivity contribution in [1.82, 2.24) is 9.55 Å². The maximum atomic E-state index is 6.90. The van der Waals surface area contributed by atoms with Crippen molar-refractivity contribution in [1.29, 1.82) is 0 Å². The van der Waals surface area contributed by atoms with Crippen LogP contribution in [0, 0.1) is 18.8 Å². The number of aromatic nitrogens is 2. The molecular formula is C74H73N4OPtS-3. The van der Waals surface area contributed by atoms with E-state index < -0.39 is 0 Å². The van der Waals surface area contributed by atoms with Gasteiger partial charge in [-0.1, -0.05) is 200 Å². The van der Waals surface area contributed by atoms with Gasteiger partial charge < -0.3 is 19.1 Å². The van der Waals surface area contributed by atoms with E-state index in [1.54, 1.807) is 0 Å². The summed E-state index contributed by atoms with van der Waals surface area (Å²) in [6.45, 7) is 36.9. The van der Waals surface area contributed by atoms with Gasteiger partial charge in [0.15, 0.2) is 0 Å². The minimum atomic E-state index is -0.0634. The molecule has 0 N–H and O–H groups in total. The monoisotopic (exact) mass is 1260 g/mol. The zero-order valence-electron chi connectivity index (χ0n) is 49.6. The van der Waals surface area contributed by atoms with Gasteiger partial charge in [0.2, 0.25) is 0 Å². The standard InChI is InChI=1S/C74H73N4OS.Pt/c1-70(2,3)48-34-35-75-66(42-48)78-63-33-32-59-58-24-16-19-29-65(58)80-69(59)67(63)60-31-30-55(44-64(60)78)79-54-23-20-22-53(43-54)76-45-77(62-28-18-17-27-61(62)76)68-56(46-36-49(71(4,5)6)40-50(37-46)72(7,8)9)25-21-26-57(68)47-38-51(73(10,11)12)41-52(39-47)74(13,14)15;/h16-42,45H,1-15H3;/q-3;. The summed E-state index contributed by atoms with van der Waals surface area (Å²) in [5, 5.41) is 4.83. The predicted molar refractivity (Wildman–Crippen MR) is 341 cm³/mol. The Morgan fingerprint density at radius 3 is 1.59 bits per heavy atom. The summed E-state index contributed by atoms with van der Waals surface area (Å²) >= 11 is 1.85. The van der Waals surface area contributed by atoms with Gasteiger partial charge in [-0.25, -0.2) is 4.98 Å². The SMILES string of the molecule is CC(C)(C)c1cc(-c2cccc(-c3cc(C(C)(C)C)cc(C(C)(C)C)c3)c2N2[CH-]N(c3[c-]c(Oc4[c-]c5c(cc4)c4c6sc7ccccc7c6ccc4n5-c4cc(C(C)(C)C)ccn4)ccc3)c3ccccc32)cc(C(C)(C)C)c1.[Pt]. The number of fused-ring (bicyclic) bond motifs is 8. The van der Waals surface area contributed by atoms with E-state index in [4.69, 9.17) is 9.72 Å². The van der Waals surface area contributed by atoms with Crippen LogP contribution in [-0.2, 0) is 48.1 Å². The minimum Gasteiger partial charge on any atom is -0.509 e. The first-order chi connectivity index (χ1) is 37.8. The summed E-state index contributed by atoms with van der Waals surface area (Å²) in [7, 11) is 0. The molecule has 0 fully saturated rings. The molecule has 0 radical (unpaired) electrons. The Bertz CT molecular complexity index is 4080. The molecule has 7 heteroatoms. The maximum absolute atomic E-state index is 6.90. The number of anilines is 4. The van der Waals surface area contributed by atoms with Crippen LogP contribution in [0.4, 0.5) is 22.7 Å². The van der Waals surface area contributed by atoms with Gasteiger partial charge in [-0.2, -0.15) is 12.1 Å². The second kappa shape index (κ2) is 20.2. The number of para-hydroxylation sites is 3. The first kappa shape index (κ1) is 55.9. The van der Waals surface area contributed by atoms with Crippen LogP contribution in [0.1, 0.15) is 132 Å². The van der Waals surface area contributed by atoms with E-state index in [1.165, 1.54) is 75.6 Å². The molecule has 5 nitrogen and oxygen atoms in total. The Hall–Kier alpha value is -6.98. The molecule has 0 bridgehead atoms. The quantitative estimate of drug-likeness (QED) is 0.149. The van der Waals surface area contributed by atoms with Crippen LogP contribution in [0.15, 0.2) is 164 Å². The second-order valence-electron chi connectivity index (χ2n) is 27.2. The average Bonchev–Trinajstić information content (AvgIpc) is 4.21. The maximum Gasteiger partial charge on any atom is 0.135 e. The molecule has 4 heterocycles. The van der Waals surface area contributed by atoms with Gasteiger partial charge >= 0.3 is 0 Å². The normalized spacial score (nSPS) is 13.4. The number of pyridine rings is 1. The predicted octanol–water partition coefficient (Wildman–Crippen LogP) is 21.2. The van der Waals surface area contributed by atoms with E-state index in [0.29, 0.717) is 11.5 Å². The van der Waals surface area contributed by atoms with Crippen molar-refractivity contribution in [3.8, 4) is 39.6 Å². The van der Waals surface area contributed by atoms with Crippen LogP contribution in [0.2, 0.25) is 0 Å². The van der Waals surface area contributed by atoms with Crippen LogP contribution in [0.5, 0.6) is 11.5 Å². The molecule has 0 saturated heterocycles. The summed E-state index contributed by atoms with van der Waals surface area (Å²) in [5.41, 5.74) is 17.0. The molecule has 0 aliphatic carbocycles. The molecule has 0 saturated carbocycles. The number of ether oxygens (including phenoxy) is 1. The summed E-state index contributed by atoms with van der Waals surface area (Å²) in [5.74, 6) is 2.04. The van der Waals surface area contributed by atoms with Gasteiger partial charge in [0.1, 0.15) is 5.82 Å². The van der Waals surface area contributed by atoms with Crippen LogP contribution in [0.3, 0.4) is 0 Å². The van der Waals surface area contributed by atoms with Gasteiger partial charge in [-0.05, 0) is 108 Å². The molecule has 11 aromatic rings.